The zero-order valence-electron chi connectivity index (χ0n) is 11.6. The lowest BCUT2D eigenvalue weighted by Crippen LogP contribution is -1.94. The van der Waals surface area contributed by atoms with Crippen LogP contribution in [-0.2, 0) is 6.42 Å². The maximum Gasteiger partial charge on any atom is 0.175 e. The number of benzene rings is 1. The molecule has 0 amide bonds. The molecule has 1 heterocycles. The molecule has 1 aromatic heterocycles. The Morgan fingerprint density at radius 1 is 1.26 bits per heavy atom. The van der Waals surface area contributed by atoms with Crippen molar-refractivity contribution in [2.75, 3.05) is 12.8 Å². The summed E-state index contributed by atoms with van der Waals surface area (Å²) in [5, 5.41) is 3.89. The van der Waals surface area contributed by atoms with Gasteiger partial charge in [-0.25, -0.2) is 0 Å². The van der Waals surface area contributed by atoms with Crippen molar-refractivity contribution in [1.82, 2.24) is 5.16 Å². The highest BCUT2D eigenvalue weighted by molar-refractivity contribution is 5.75. The van der Waals surface area contributed by atoms with Crippen LogP contribution in [0.3, 0.4) is 0 Å². The SMILES string of the molecule is COc1ccc(-c2c(N)noc2CCC(C)C)cc1. The second kappa shape index (κ2) is 5.78. The van der Waals surface area contributed by atoms with Gasteiger partial charge in [-0.3, -0.25) is 0 Å². The number of nitrogen functional groups attached to an aromatic ring is 1. The van der Waals surface area contributed by atoms with Gasteiger partial charge in [0.15, 0.2) is 5.82 Å². The van der Waals surface area contributed by atoms with Gasteiger partial charge in [-0.1, -0.05) is 31.1 Å². The third-order valence-electron chi connectivity index (χ3n) is 3.12. The maximum absolute atomic E-state index is 5.91. The van der Waals surface area contributed by atoms with Crippen LogP contribution < -0.4 is 10.5 Å². The quantitative estimate of drug-likeness (QED) is 0.893. The van der Waals surface area contributed by atoms with Gasteiger partial charge in [0.25, 0.3) is 0 Å². The summed E-state index contributed by atoms with van der Waals surface area (Å²) in [5.41, 5.74) is 7.83. The van der Waals surface area contributed by atoms with Gasteiger partial charge in [-0.05, 0) is 30.0 Å². The molecule has 0 spiro atoms. The van der Waals surface area contributed by atoms with E-state index in [4.69, 9.17) is 15.0 Å². The van der Waals surface area contributed by atoms with Crippen LogP contribution in [0.5, 0.6) is 5.75 Å². The van der Waals surface area contributed by atoms with Crippen molar-refractivity contribution in [3.05, 3.63) is 30.0 Å². The van der Waals surface area contributed by atoms with Crippen LogP contribution in [0, 0.1) is 5.92 Å². The van der Waals surface area contributed by atoms with E-state index in [1.165, 1.54) is 0 Å². The molecule has 2 aromatic rings. The lowest BCUT2D eigenvalue weighted by atomic mass is 10.0. The number of anilines is 1. The summed E-state index contributed by atoms with van der Waals surface area (Å²) in [6.45, 7) is 4.37. The summed E-state index contributed by atoms with van der Waals surface area (Å²) in [7, 11) is 1.65. The largest absolute Gasteiger partial charge is 0.497 e. The van der Waals surface area contributed by atoms with Crippen LogP contribution in [0.25, 0.3) is 11.1 Å². The zero-order chi connectivity index (χ0) is 13.8. The van der Waals surface area contributed by atoms with E-state index in [0.717, 1.165) is 35.5 Å². The molecule has 0 aliphatic rings. The smallest absolute Gasteiger partial charge is 0.175 e. The van der Waals surface area contributed by atoms with Gasteiger partial charge in [-0.15, -0.1) is 0 Å². The predicted molar refractivity (Wildman–Crippen MR) is 76.1 cm³/mol. The average molecular weight is 260 g/mol. The second-order valence-corrected chi connectivity index (χ2v) is 5.03. The molecule has 2 rings (SSSR count). The van der Waals surface area contributed by atoms with Crippen molar-refractivity contribution in [1.29, 1.82) is 0 Å². The summed E-state index contributed by atoms with van der Waals surface area (Å²) in [4.78, 5) is 0. The maximum atomic E-state index is 5.91. The van der Waals surface area contributed by atoms with Crippen molar-refractivity contribution < 1.29 is 9.26 Å². The zero-order valence-corrected chi connectivity index (χ0v) is 11.6. The molecule has 2 N–H and O–H groups in total. The highest BCUT2D eigenvalue weighted by Gasteiger charge is 2.16. The third kappa shape index (κ3) is 3.08. The molecule has 0 bridgehead atoms. The van der Waals surface area contributed by atoms with E-state index >= 15 is 0 Å². The van der Waals surface area contributed by atoms with Crippen LogP contribution in [0.1, 0.15) is 26.0 Å². The second-order valence-electron chi connectivity index (χ2n) is 5.03. The lowest BCUT2D eigenvalue weighted by molar-refractivity contribution is 0.376. The number of hydrogen-bond acceptors (Lipinski definition) is 4. The number of rotatable bonds is 5. The molecule has 0 unspecified atom stereocenters. The summed E-state index contributed by atoms with van der Waals surface area (Å²) >= 11 is 0. The fourth-order valence-electron chi connectivity index (χ4n) is 2.00. The predicted octanol–water partition coefficient (Wildman–Crippen LogP) is 3.52. The highest BCUT2D eigenvalue weighted by atomic mass is 16.5. The van der Waals surface area contributed by atoms with Crippen molar-refractivity contribution in [3.8, 4) is 16.9 Å². The Morgan fingerprint density at radius 3 is 2.53 bits per heavy atom. The number of nitrogens with two attached hydrogens (primary N) is 1. The minimum Gasteiger partial charge on any atom is -0.497 e. The van der Waals surface area contributed by atoms with Crippen LogP contribution in [0.15, 0.2) is 28.8 Å². The molecule has 0 aliphatic carbocycles. The topological polar surface area (TPSA) is 61.3 Å². The first-order valence-electron chi connectivity index (χ1n) is 6.50. The molecule has 0 radical (unpaired) electrons. The van der Waals surface area contributed by atoms with Gasteiger partial charge in [0, 0.05) is 6.42 Å². The average Bonchev–Trinajstić information content (AvgIpc) is 2.78. The number of hydrogen-bond donors (Lipinski definition) is 1. The molecular weight excluding hydrogens is 240 g/mol. The Balaban J connectivity index is 2.29. The third-order valence-corrected chi connectivity index (χ3v) is 3.12. The fourth-order valence-corrected chi connectivity index (χ4v) is 2.00. The van der Waals surface area contributed by atoms with E-state index in [1.54, 1.807) is 7.11 Å². The van der Waals surface area contributed by atoms with Gasteiger partial charge < -0.3 is 15.0 Å². The van der Waals surface area contributed by atoms with E-state index in [2.05, 4.69) is 19.0 Å². The highest BCUT2D eigenvalue weighted by Crippen LogP contribution is 2.31. The number of methoxy groups -OCH3 is 1. The molecule has 4 heteroatoms. The molecule has 0 saturated heterocycles. The first-order valence-corrected chi connectivity index (χ1v) is 6.50. The number of aryl methyl sites for hydroxylation is 1. The van der Waals surface area contributed by atoms with Gasteiger partial charge in [0.2, 0.25) is 0 Å². The van der Waals surface area contributed by atoms with Crippen molar-refractivity contribution in [3.63, 3.8) is 0 Å². The molecule has 1 aromatic carbocycles. The minimum atomic E-state index is 0.448. The van der Waals surface area contributed by atoms with Gasteiger partial charge in [-0.2, -0.15) is 0 Å². The fraction of sp³-hybridized carbons (Fsp3) is 0.400. The minimum absolute atomic E-state index is 0.448. The van der Waals surface area contributed by atoms with E-state index < -0.39 is 0 Å². The van der Waals surface area contributed by atoms with Gasteiger partial charge in [0.05, 0.1) is 12.7 Å². The van der Waals surface area contributed by atoms with Gasteiger partial charge in [0.1, 0.15) is 11.5 Å². The summed E-state index contributed by atoms with van der Waals surface area (Å²) in [6.07, 6.45) is 1.90. The Morgan fingerprint density at radius 2 is 1.95 bits per heavy atom. The Bertz CT molecular complexity index is 530. The van der Waals surface area contributed by atoms with Crippen LogP contribution in [0.4, 0.5) is 5.82 Å². The number of aromatic nitrogens is 1. The van der Waals surface area contributed by atoms with E-state index in [1.807, 2.05) is 24.3 Å². The van der Waals surface area contributed by atoms with Crippen LogP contribution >= 0.6 is 0 Å². The number of nitrogens with zero attached hydrogens (tertiary/aromatic N) is 1. The Labute approximate surface area is 113 Å². The lowest BCUT2D eigenvalue weighted by Gasteiger charge is -2.06. The summed E-state index contributed by atoms with van der Waals surface area (Å²) in [6, 6.07) is 7.77. The Kier molecular flexibility index (Phi) is 4.10. The summed E-state index contributed by atoms with van der Waals surface area (Å²) in [5.74, 6) is 2.75. The van der Waals surface area contributed by atoms with Crippen molar-refractivity contribution >= 4 is 5.82 Å². The van der Waals surface area contributed by atoms with E-state index in [-0.39, 0.29) is 0 Å². The molecule has 0 aliphatic heterocycles. The van der Waals surface area contributed by atoms with Crippen molar-refractivity contribution in [2.24, 2.45) is 5.92 Å². The van der Waals surface area contributed by atoms with Crippen molar-refractivity contribution in [2.45, 2.75) is 26.7 Å². The number of ether oxygens (including phenoxy) is 1. The van der Waals surface area contributed by atoms with E-state index in [9.17, 15) is 0 Å². The monoisotopic (exact) mass is 260 g/mol. The molecule has 4 nitrogen and oxygen atoms in total. The molecule has 0 saturated carbocycles. The normalized spacial score (nSPS) is 10.9. The van der Waals surface area contributed by atoms with Crippen LogP contribution in [-0.4, -0.2) is 12.3 Å². The summed E-state index contributed by atoms with van der Waals surface area (Å²) < 4.78 is 10.5. The standard InChI is InChI=1S/C15H20N2O2/c1-10(2)4-9-13-14(15(16)17-19-13)11-5-7-12(18-3)8-6-11/h5-8,10H,4,9H2,1-3H3,(H2,16,17). The van der Waals surface area contributed by atoms with Crippen LogP contribution in [0.2, 0.25) is 0 Å². The molecular formula is C15H20N2O2. The first-order chi connectivity index (χ1) is 9.11. The molecule has 0 atom stereocenters. The molecule has 19 heavy (non-hydrogen) atoms. The Hall–Kier alpha value is -1.97. The first kappa shape index (κ1) is 13.5. The van der Waals surface area contributed by atoms with E-state index in [0.29, 0.717) is 11.7 Å². The molecule has 0 fully saturated rings. The molecule has 102 valence electrons. The van der Waals surface area contributed by atoms with Gasteiger partial charge >= 0.3 is 0 Å².